The Kier molecular flexibility index (Phi) is 2.58. The number of hydrogen-bond acceptors (Lipinski definition) is 5. The van der Waals surface area contributed by atoms with E-state index in [-0.39, 0.29) is 6.61 Å². The zero-order valence-electron chi connectivity index (χ0n) is 5.66. The van der Waals surface area contributed by atoms with Crippen molar-refractivity contribution in [2.75, 3.05) is 19.0 Å². The highest BCUT2D eigenvalue weighted by molar-refractivity contribution is 7.15. The van der Waals surface area contributed by atoms with Crippen molar-refractivity contribution in [1.82, 2.24) is 10.2 Å². The zero-order valence-corrected chi connectivity index (χ0v) is 6.48. The molecule has 2 N–H and O–H groups in total. The topological polar surface area (TPSA) is 58.0 Å². The highest BCUT2D eigenvalue weighted by atomic mass is 32.1. The summed E-state index contributed by atoms with van der Waals surface area (Å²) in [7, 11) is 1.79. The van der Waals surface area contributed by atoms with E-state index in [1.165, 1.54) is 11.3 Å². The summed E-state index contributed by atoms with van der Waals surface area (Å²) in [5.74, 6) is 0. The van der Waals surface area contributed by atoms with Crippen molar-refractivity contribution in [3.05, 3.63) is 5.01 Å². The molecule has 0 unspecified atom stereocenters. The van der Waals surface area contributed by atoms with Crippen LogP contribution in [0.3, 0.4) is 0 Å². The first-order chi connectivity index (χ1) is 4.86. The molecule has 0 amide bonds. The van der Waals surface area contributed by atoms with E-state index in [0.717, 1.165) is 10.1 Å². The van der Waals surface area contributed by atoms with Crippen LogP contribution in [-0.2, 0) is 6.42 Å². The highest BCUT2D eigenvalue weighted by Crippen LogP contribution is 2.13. The van der Waals surface area contributed by atoms with Gasteiger partial charge in [0.15, 0.2) is 0 Å². The first-order valence-electron chi connectivity index (χ1n) is 2.98. The Balaban J connectivity index is 2.59. The Morgan fingerprint density at radius 1 is 1.60 bits per heavy atom. The van der Waals surface area contributed by atoms with Gasteiger partial charge in [0.25, 0.3) is 0 Å². The van der Waals surface area contributed by atoms with Gasteiger partial charge < -0.3 is 10.4 Å². The first kappa shape index (κ1) is 7.43. The summed E-state index contributed by atoms with van der Waals surface area (Å²) in [5, 5.41) is 20.7. The normalized spacial score (nSPS) is 9.80. The van der Waals surface area contributed by atoms with Crippen LogP contribution in [0.4, 0.5) is 5.13 Å². The Hall–Kier alpha value is -0.680. The molecule has 0 spiro atoms. The van der Waals surface area contributed by atoms with E-state index in [9.17, 15) is 0 Å². The minimum absolute atomic E-state index is 0.137. The van der Waals surface area contributed by atoms with E-state index in [2.05, 4.69) is 15.5 Å². The van der Waals surface area contributed by atoms with Gasteiger partial charge in [0.05, 0.1) is 0 Å². The lowest BCUT2D eigenvalue weighted by molar-refractivity contribution is 0.299. The monoisotopic (exact) mass is 159 g/mol. The van der Waals surface area contributed by atoms with Gasteiger partial charge in [-0.05, 0) is 0 Å². The molecule has 4 nitrogen and oxygen atoms in total. The summed E-state index contributed by atoms with van der Waals surface area (Å²) in [4.78, 5) is 0. The van der Waals surface area contributed by atoms with Gasteiger partial charge in [-0.1, -0.05) is 11.3 Å². The maximum Gasteiger partial charge on any atom is 0.205 e. The van der Waals surface area contributed by atoms with Crippen molar-refractivity contribution in [1.29, 1.82) is 0 Å². The molecule has 0 saturated heterocycles. The summed E-state index contributed by atoms with van der Waals surface area (Å²) in [5.41, 5.74) is 0. The van der Waals surface area contributed by atoms with Gasteiger partial charge >= 0.3 is 0 Å². The molecule has 0 aliphatic rings. The quantitative estimate of drug-likeness (QED) is 0.657. The van der Waals surface area contributed by atoms with Crippen LogP contribution in [0.1, 0.15) is 5.01 Å². The molecule has 1 aromatic rings. The number of hydrogen-bond donors (Lipinski definition) is 2. The molecule has 1 heterocycles. The summed E-state index contributed by atoms with van der Waals surface area (Å²) in [6.07, 6.45) is 0.597. The molecule has 0 atom stereocenters. The van der Waals surface area contributed by atoms with Crippen molar-refractivity contribution < 1.29 is 5.11 Å². The molecule has 0 aliphatic carbocycles. The van der Waals surface area contributed by atoms with Crippen molar-refractivity contribution in [3.8, 4) is 0 Å². The second kappa shape index (κ2) is 3.48. The number of nitrogens with one attached hydrogen (secondary N) is 1. The number of rotatable bonds is 3. The summed E-state index contributed by atoms with van der Waals surface area (Å²) in [6, 6.07) is 0. The fourth-order valence-electron chi connectivity index (χ4n) is 0.551. The average Bonchev–Trinajstić information content (AvgIpc) is 2.37. The summed E-state index contributed by atoms with van der Waals surface area (Å²) >= 11 is 1.46. The molecule has 0 aromatic carbocycles. The lowest BCUT2D eigenvalue weighted by Gasteiger charge is -1.85. The average molecular weight is 159 g/mol. The Labute approximate surface area is 62.9 Å². The van der Waals surface area contributed by atoms with Crippen LogP contribution in [-0.4, -0.2) is 29.0 Å². The number of aliphatic hydroxyl groups excluding tert-OH is 1. The van der Waals surface area contributed by atoms with Gasteiger partial charge in [-0.2, -0.15) is 0 Å². The van der Waals surface area contributed by atoms with Gasteiger partial charge in [0.1, 0.15) is 5.01 Å². The fraction of sp³-hybridized carbons (Fsp3) is 0.600. The van der Waals surface area contributed by atoms with Crippen LogP contribution in [0.2, 0.25) is 0 Å². The third kappa shape index (κ3) is 1.65. The number of aliphatic hydroxyl groups is 1. The van der Waals surface area contributed by atoms with E-state index in [0.29, 0.717) is 6.42 Å². The van der Waals surface area contributed by atoms with Crippen LogP contribution in [0, 0.1) is 0 Å². The minimum atomic E-state index is 0.137. The second-order valence-corrected chi connectivity index (χ2v) is 2.79. The standard InChI is InChI=1S/C5H9N3OS/c1-6-5-8-7-4(10-5)2-3-9/h9H,2-3H2,1H3,(H,6,8). The molecule has 5 heteroatoms. The van der Waals surface area contributed by atoms with Crippen LogP contribution >= 0.6 is 11.3 Å². The maximum absolute atomic E-state index is 8.52. The smallest absolute Gasteiger partial charge is 0.205 e. The second-order valence-electron chi connectivity index (χ2n) is 1.72. The fourth-order valence-corrected chi connectivity index (χ4v) is 1.23. The molecular formula is C5H9N3OS. The maximum atomic E-state index is 8.52. The molecule has 1 aromatic heterocycles. The first-order valence-corrected chi connectivity index (χ1v) is 3.79. The van der Waals surface area contributed by atoms with Crippen LogP contribution in [0.25, 0.3) is 0 Å². The Bertz CT molecular complexity index is 201. The largest absolute Gasteiger partial charge is 0.396 e. The molecule has 56 valence electrons. The number of aromatic nitrogens is 2. The molecule has 0 bridgehead atoms. The Morgan fingerprint density at radius 3 is 2.90 bits per heavy atom. The van der Waals surface area contributed by atoms with Crippen LogP contribution in [0.5, 0.6) is 0 Å². The van der Waals surface area contributed by atoms with Gasteiger partial charge in [-0.25, -0.2) is 0 Å². The summed E-state index contributed by atoms with van der Waals surface area (Å²) in [6.45, 7) is 0.137. The van der Waals surface area contributed by atoms with Crippen molar-refractivity contribution in [2.45, 2.75) is 6.42 Å². The van der Waals surface area contributed by atoms with Crippen molar-refractivity contribution >= 4 is 16.5 Å². The van der Waals surface area contributed by atoms with E-state index < -0.39 is 0 Å². The summed E-state index contributed by atoms with van der Waals surface area (Å²) < 4.78 is 0. The molecular weight excluding hydrogens is 150 g/mol. The SMILES string of the molecule is CNc1nnc(CCO)s1. The van der Waals surface area contributed by atoms with E-state index in [4.69, 9.17) is 5.11 Å². The predicted molar refractivity (Wildman–Crippen MR) is 40.2 cm³/mol. The lowest BCUT2D eigenvalue weighted by atomic mass is 10.5. The van der Waals surface area contributed by atoms with Gasteiger partial charge in [0, 0.05) is 20.1 Å². The lowest BCUT2D eigenvalue weighted by Crippen LogP contribution is -1.88. The van der Waals surface area contributed by atoms with Gasteiger partial charge in [-0.3, -0.25) is 0 Å². The molecule has 0 radical (unpaired) electrons. The molecule has 0 fully saturated rings. The molecule has 1 rings (SSSR count). The van der Waals surface area contributed by atoms with Crippen LogP contribution < -0.4 is 5.32 Å². The third-order valence-corrected chi connectivity index (χ3v) is 2.01. The molecule has 0 aliphatic heterocycles. The zero-order chi connectivity index (χ0) is 7.40. The van der Waals surface area contributed by atoms with Gasteiger partial charge in [0.2, 0.25) is 5.13 Å². The third-order valence-electron chi connectivity index (χ3n) is 1.01. The minimum Gasteiger partial charge on any atom is -0.396 e. The molecule has 10 heavy (non-hydrogen) atoms. The van der Waals surface area contributed by atoms with Gasteiger partial charge in [-0.15, -0.1) is 10.2 Å². The number of anilines is 1. The number of nitrogens with zero attached hydrogens (tertiary/aromatic N) is 2. The highest BCUT2D eigenvalue weighted by Gasteiger charge is 1.99. The van der Waals surface area contributed by atoms with E-state index in [1.54, 1.807) is 7.05 Å². The van der Waals surface area contributed by atoms with Crippen LogP contribution in [0.15, 0.2) is 0 Å². The predicted octanol–water partition coefficient (Wildman–Crippen LogP) is 0.115. The van der Waals surface area contributed by atoms with E-state index >= 15 is 0 Å². The van der Waals surface area contributed by atoms with Crippen molar-refractivity contribution in [3.63, 3.8) is 0 Å². The van der Waals surface area contributed by atoms with Crippen molar-refractivity contribution in [2.24, 2.45) is 0 Å². The Morgan fingerprint density at radius 2 is 2.40 bits per heavy atom. The van der Waals surface area contributed by atoms with E-state index in [1.807, 2.05) is 0 Å². The molecule has 0 saturated carbocycles.